The Balaban J connectivity index is 1.58. The summed E-state index contributed by atoms with van der Waals surface area (Å²) in [5.74, 6) is -0.470. The fourth-order valence-electron chi connectivity index (χ4n) is 4.00. The molecule has 10 nitrogen and oxygen atoms in total. The summed E-state index contributed by atoms with van der Waals surface area (Å²) in [6.07, 6.45) is -3.01. The van der Waals surface area contributed by atoms with E-state index in [-0.39, 0.29) is 13.2 Å². The number of fused-ring (bicyclic) bond motifs is 1. The summed E-state index contributed by atoms with van der Waals surface area (Å²) in [5, 5.41) is 6.16. The van der Waals surface area contributed by atoms with Crippen molar-refractivity contribution in [1.29, 1.82) is 0 Å². The molecule has 2 aromatic carbocycles. The second kappa shape index (κ2) is 11.2. The van der Waals surface area contributed by atoms with Crippen molar-refractivity contribution in [3.63, 3.8) is 0 Å². The SMILES string of the molecule is CO[C@H]1O[C@@H]2COC(c3ccccc3)O[C@H]2[C@H](OCc2ccccc2)[C@@H]1NC(=O)CN=[N+]=[N-]. The molecule has 0 aliphatic carbocycles. The lowest BCUT2D eigenvalue weighted by Gasteiger charge is -2.49. The third kappa shape index (κ3) is 5.69. The van der Waals surface area contributed by atoms with E-state index in [1.807, 2.05) is 60.7 Å². The molecule has 0 bridgehead atoms. The van der Waals surface area contributed by atoms with E-state index >= 15 is 0 Å². The summed E-state index contributed by atoms with van der Waals surface area (Å²) in [7, 11) is 1.49. The van der Waals surface area contributed by atoms with Gasteiger partial charge in [-0.15, -0.1) is 0 Å². The maximum absolute atomic E-state index is 12.4. The molecule has 2 aliphatic rings. The molecule has 0 spiro atoms. The molecule has 0 aromatic heterocycles. The molecule has 174 valence electrons. The summed E-state index contributed by atoms with van der Waals surface area (Å²) < 4.78 is 30.1. The lowest BCUT2D eigenvalue weighted by atomic mass is 9.95. The van der Waals surface area contributed by atoms with Crippen molar-refractivity contribution in [3.8, 4) is 0 Å². The van der Waals surface area contributed by atoms with Crippen LogP contribution >= 0.6 is 0 Å². The van der Waals surface area contributed by atoms with Crippen LogP contribution in [0.5, 0.6) is 0 Å². The molecule has 1 N–H and O–H groups in total. The first-order chi connectivity index (χ1) is 16.2. The van der Waals surface area contributed by atoms with Crippen LogP contribution in [0.3, 0.4) is 0 Å². The summed E-state index contributed by atoms with van der Waals surface area (Å²) in [6.45, 7) is 0.225. The zero-order valence-electron chi connectivity index (χ0n) is 18.2. The van der Waals surface area contributed by atoms with Crippen molar-refractivity contribution in [2.45, 2.75) is 43.5 Å². The molecule has 4 rings (SSSR count). The maximum Gasteiger partial charge on any atom is 0.226 e. The van der Waals surface area contributed by atoms with Crippen molar-refractivity contribution >= 4 is 5.91 Å². The smallest absolute Gasteiger partial charge is 0.226 e. The molecule has 1 unspecified atom stereocenters. The van der Waals surface area contributed by atoms with Crippen molar-refractivity contribution < 1.29 is 28.5 Å². The average Bonchev–Trinajstić information content (AvgIpc) is 2.87. The summed E-state index contributed by atoms with van der Waals surface area (Å²) >= 11 is 0. The number of azide groups is 1. The standard InChI is InChI=1S/C23H26N4O6/c1-29-23-19(26-18(28)12-25-27-24)21(30-13-15-8-4-2-5-9-15)20-17(32-23)14-31-22(33-20)16-10-6-3-7-11-16/h2-11,17,19-23H,12-14H2,1H3,(H,26,28)/t17-,19+,20-,21-,22?,23+/m1/s1. The van der Waals surface area contributed by atoms with Crippen LogP contribution in [0, 0.1) is 0 Å². The monoisotopic (exact) mass is 454 g/mol. The Morgan fingerprint density at radius 1 is 1.15 bits per heavy atom. The van der Waals surface area contributed by atoms with E-state index in [4.69, 9.17) is 29.2 Å². The van der Waals surface area contributed by atoms with E-state index in [1.165, 1.54) is 7.11 Å². The number of nitrogens with one attached hydrogen (secondary N) is 1. The third-order valence-electron chi connectivity index (χ3n) is 5.53. The van der Waals surface area contributed by atoms with Crippen LogP contribution in [0.2, 0.25) is 0 Å². The van der Waals surface area contributed by atoms with E-state index in [9.17, 15) is 4.79 Å². The Hall–Kier alpha value is -2.98. The molecule has 0 saturated carbocycles. The number of amides is 1. The van der Waals surface area contributed by atoms with Gasteiger partial charge in [-0.05, 0) is 11.1 Å². The molecule has 10 heteroatoms. The molecular weight excluding hydrogens is 428 g/mol. The van der Waals surface area contributed by atoms with Crippen LogP contribution in [0.1, 0.15) is 17.4 Å². The molecule has 2 fully saturated rings. The van der Waals surface area contributed by atoms with Crippen LogP contribution in [0.15, 0.2) is 65.8 Å². The average molecular weight is 454 g/mol. The highest BCUT2D eigenvalue weighted by molar-refractivity contribution is 5.78. The Labute approximate surface area is 191 Å². The zero-order valence-corrected chi connectivity index (χ0v) is 18.2. The Morgan fingerprint density at radius 2 is 1.88 bits per heavy atom. The minimum absolute atomic E-state index is 0.272. The van der Waals surface area contributed by atoms with Gasteiger partial charge in [0.2, 0.25) is 5.91 Å². The fourth-order valence-corrected chi connectivity index (χ4v) is 4.00. The molecule has 6 atom stereocenters. The predicted molar refractivity (Wildman–Crippen MR) is 117 cm³/mol. The number of hydrogen-bond donors (Lipinski definition) is 1. The molecule has 2 aliphatic heterocycles. The molecule has 2 heterocycles. The van der Waals surface area contributed by atoms with Crippen LogP contribution in [-0.2, 0) is 35.1 Å². The molecule has 33 heavy (non-hydrogen) atoms. The van der Waals surface area contributed by atoms with Gasteiger partial charge in [0.15, 0.2) is 12.6 Å². The second-order valence-electron chi connectivity index (χ2n) is 7.70. The Morgan fingerprint density at radius 3 is 2.58 bits per heavy atom. The Kier molecular flexibility index (Phi) is 7.90. The first-order valence-corrected chi connectivity index (χ1v) is 10.7. The van der Waals surface area contributed by atoms with E-state index in [1.54, 1.807) is 0 Å². The minimum atomic E-state index is -0.803. The number of carbonyl (C=O) groups is 1. The topological polar surface area (TPSA) is 124 Å². The van der Waals surface area contributed by atoms with Crippen LogP contribution in [-0.4, -0.2) is 56.8 Å². The fraction of sp³-hybridized carbons (Fsp3) is 0.435. The van der Waals surface area contributed by atoms with Crippen molar-refractivity contribution in [1.82, 2.24) is 5.32 Å². The first-order valence-electron chi connectivity index (χ1n) is 10.7. The summed E-state index contributed by atoms with van der Waals surface area (Å²) in [6, 6.07) is 18.6. The molecular formula is C23H26N4O6. The summed E-state index contributed by atoms with van der Waals surface area (Å²) in [5.41, 5.74) is 10.4. The largest absolute Gasteiger partial charge is 0.368 e. The van der Waals surface area contributed by atoms with Crippen LogP contribution in [0.4, 0.5) is 0 Å². The van der Waals surface area contributed by atoms with E-state index in [0.29, 0.717) is 6.61 Å². The number of rotatable bonds is 8. The van der Waals surface area contributed by atoms with E-state index in [0.717, 1.165) is 11.1 Å². The second-order valence-corrected chi connectivity index (χ2v) is 7.70. The lowest BCUT2D eigenvalue weighted by Crippen LogP contribution is -2.67. The van der Waals surface area contributed by atoms with Gasteiger partial charge >= 0.3 is 0 Å². The zero-order chi connectivity index (χ0) is 23.0. The van der Waals surface area contributed by atoms with Gasteiger partial charge in [0.05, 0.1) is 13.2 Å². The van der Waals surface area contributed by atoms with Gasteiger partial charge < -0.3 is 29.0 Å². The van der Waals surface area contributed by atoms with Crippen LogP contribution < -0.4 is 5.32 Å². The highest BCUT2D eigenvalue weighted by Gasteiger charge is 2.51. The van der Waals surface area contributed by atoms with Gasteiger partial charge in [0.25, 0.3) is 0 Å². The van der Waals surface area contributed by atoms with Gasteiger partial charge in [-0.25, -0.2) is 0 Å². The van der Waals surface area contributed by atoms with Gasteiger partial charge in [-0.3, -0.25) is 4.79 Å². The van der Waals surface area contributed by atoms with E-state index < -0.39 is 42.8 Å². The molecule has 2 saturated heterocycles. The van der Waals surface area contributed by atoms with Gasteiger partial charge in [0, 0.05) is 17.6 Å². The number of methoxy groups -OCH3 is 1. The van der Waals surface area contributed by atoms with Crippen molar-refractivity contribution in [2.75, 3.05) is 20.3 Å². The molecule has 2 aromatic rings. The maximum atomic E-state index is 12.4. The van der Waals surface area contributed by atoms with Crippen molar-refractivity contribution in [2.24, 2.45) is 5.11 Å². The molecule has 1 amide bonds. The lowest BCUT2D eigenvalue weighted by molar-refractivity contribution is -0.346. The number of carbonyl (C=O) groups excluding carboxylic acids is 1. The summed E-state index contributed by atoms with van der Waals surface area (Å²) in [4.78, 5) is 15.0. The quantitative estimate of drug-likeness (QED) is 0.372. The third-order valence-corrected chi connectivity index (χ3v) is 5.53. The van der Waals surface area contributed by atoms with Gasteiger partial charge in [0.1, 0.15) is 30.9 Å². The predicted octanol–water partition coefficient (Wildman–Crippen LogP) is 2.85. The number of nitrogens with zero attached hydrogens (tertiary/aromatic N) is 3. The number of ether oxygens (including phenoxy) is 5. The van der Waals surface area contributed by atoms with Gasteiger partial charge in [-0.1, -0.05) is 65.8 Å². The highest BCUT2D eigenvalue weighted by atomic mass is 16.7. The van der Waals surface area contributed by atoms with Crippen LogP contribution in [0.25, 0.3) is 10.4 Å². The first kappa shape index (κ1) is 23.2. The molecule has 0 radical (unpaired) electrons. The minimum Gasteiger partial charge on any atom is -0.368 e. The van der Waals surface area contributed by atoms with E-state index in [2.05, 4.69) is 15.3 Å². The number of benzene rings is 2. The van der Waals surface area contributed by atoms with Crippen molar-refractivity contribution in [3.05, 3.63) is 82.2 Å². The van der Waals surface area contributed by atoms with Gasteiger partial charge in [-0.2, -0.15) is 0 Å². The normalized spacial score (nSPS) is 28.9. The Bertz CT molecular complexity index is 956. The highest BCUT2D eigenvalue weighted by Crippen LogP contribution is 2.35. The number of hydrogen-bond acceptors (Lipinski definition) is 7.